The Balaban J connectivity index is 1.85. The molecule has 2 aromatic rings. The molecule has 8 nitrogen and oxygen atoms in total. The van der Waals surface area contributed by atoms with Crippen LogP contribution in [0.25, 0.3) is 0 Å². The number of phenolic OH excluding ortho intramolecular Hbond substituents is 2. The van der Waals surface area contributed by atoms with E-state index in [1.54, 1.807) is 36.4 Å². The summed E-state index contributed by atoms with van der Waals surface area (Å²) in [5, 5.41) is 42.0. The smallest absolute Gasteiger partial charge is 0.183 e. The lowest BCUT2D eigenvalue weighted by atomic mass is 10.2. The Morgan fingerprint density at radius 3 is 1.50 bits per heavy atom. The van der Waals surface area contributed by atoms with Crippen molar-refractivity contribution in [2.24, 2.45) is 10.2 Å². The second-order valence-electron chi connectivity index (χ2n) is 4.61. The lowest BCUT2D eigenvalue weighted by Gasteiger charge is -2.04. The summed E-state index contributed by atoms with van der Waals surface area (Å²) >= 11 is 0. The Hall–Kier alpha value is -3.68. The number of phenols is 2. The highest BCUT2D eigenvalue weighted by molar-refractivity contribution is 6.37. The van der Waals surface area contributed by atoms with E-state index in [0.29, 0.717) is 11.1 Å². The van der Waals surface area contributed by atoms with Crippen LogP contribution >= 0.6 is 0 Å². The van der Waals surface area contributed by atoms with Crippen molar-refractivity contribution in [3.05, 3.63) is 59.7 Å². The third-order valence-electron chi connectivity index (χ3n) is 2.88. The maximum absolute atomic E-state index is 9.56. The number of para-hydroxylation sites is 2. The second-order valence-corrected chi connectivity index (χ2v) is 4.61. The zero-order chi connectivity index (χ0) is 17.4. The Labute approximate surface area is 138 Å². The molecule has 0 fully saturated rings. The molecule has 0 saturated carbocycles. The van der Waals surface area contributed by atoms with Gasteiger partial charge in [-0.05, 0) is 24.3 Å². The number of rotatable bonds is 4. The maximum atomic E-state index is 9.56. The fourth-order valence-electron chi connectivity index (χ4n) is 1.64. The van der Waals surface area contributed by atoms with Crippen molar-refractivity contribution in [2.45, 2.75) is 0 Å². The minimum absolute atomic E-state index is 0.0649. The molecule has 0 spiro atoms. The maximum Gasteiger partial charge on any atom is 0.183 e. The molecule has 24 heavy (non-hydrogen) atoms. The van der Waals surface area contributed by atoms with E-state index < -0.39 is 0 Å². The minimum atomic E-state index is -0.309. The van der Waals surface area contributed by atoms with E-state index in [4.69, 9.17) is 10.8 Å². The molecule has 0 heterocycles. The molecule has 0 radical (unpaired) electrons. The monoisotopic (exact) mass is 324 g/mol. The number of nitrogens with one attached hydrogen (secondary N) is 4. The fourth-order valence-corrected chi connectivity index (χ4v) is 1.64. The van der Waals surface area contributed by atoms with Gasteiger partial charge in [-0.2, -0.15) is 10.2 Å². The van der Waals surface area contributed by atoms with Crippen molar-refractivity contribution in [1.29, 1.82) is 10.8 Å². The SMILES string of the molecule is N=C(N/N=C/c1ccccc1O)C(=N)N/N=C/c1ccccc1O. The van der Waals surface area contributed by atoms with E-state index in [2.05, 4.69) is 21.1 Å². The number of hydrogen-bond donors (Lipinski definition) is 6. The average molecular weight is 324 g/mol. The summed E-state index contributed by atoms with van der Waals surface area (Å²) in [6, 6.07) is 13.2. The molecule has 0 aliphatic carbocycles. The lowest BCUT2D eigenvalue weighted by Crippen LogP contribution is -2.34. The van der Waals surface area contributed by atoms with Gasteiger partial charge in [-0.3, -0.25) is 21.7 Å². The van der Waals surface area contributed by atoms with Gasteiger partial charge >= 0.3 is 0 Å². The van der Waals surface area contributed by atoms with Gasteiger partial charge in [0.15, 0.2) is 11.7 Å². The Morgan fingerprint density at radius 1 is 0.750 bits per heavy atom. The van der Waals surface area contributed by atoms with Crippen molar-refractivity contribution < 1.29 is 10.2 Å². The van der Waals surface area contributed by atoms with Crippen LogP contribution in [0.15, 0.2) is 58.7 Å². The molecule has 0 amide bonds. The number of nitrogens with zero attached hydrogens (tertiary/aromatic N) is 2. The minimum Gasteiger partial charge on any atom is -0.507 e. The summed E-state index contributed by atoms with van der Waals surface area (Å²) < 4.78 is 0. The van der Waals surface area contributed by atoms with Gasteiger partial charge in [0.25, 0.3) is 0 Å². The zero-order valence-electron chi connectivity index (χ0n) is 12.6. The summed E-state index contributed by atoms with van der Waals surface area (Å²) in [4.78, 5) is 0. The van der Waals surface area contributed by atoms with E-state index in [9.17, 15) is 10.2 Å². The van der Waals surface area contributed by atoms with Gasteiger partial charge in [0.05, 0.1) is 12.4 Å². The average Bonchev–Trinajstić information content (AvgIpc) is 2.58. The van der Waals surface area contributed by atoms with E-state index in [1.807, 2.05) is 0 Å². The highest BCUT2D eigenvalue weighted by Gasteiger charge is 2.02. The summed E-state index contributed by atoms with van der Waals surface area (Å²) in [5.41, 5.74) is 5.66. The lowest BCUT2D eigenvalue weighted by molar-refractivity contribution is 0.474. The standard InChI is InChI=1S/C16H16N6O2/c17-15(21-19-9-11-5-1-3-7-13(11)23)16(18)22-20-10-12-6-2-4-8-14(12)24/h1-10,23-24H,(H2,17,21)(H2,18,22)/b19-9+,20-10+. The molecule has 0 aliphatic rings. The molecular formula is C16H16N6O2. The number of hydrazone groups is 2. The molecule has 0 saturated heterocycles. The number of benzene rings is 2. The predicted molar refractivity (Wildman–Crippen MR) is 93.1 cm³/mol. The Kier molecular flexibility index (Phi) is 5.62. The third-order valence-corrected chi connectivity index (χ3v) is 2.88. The van der Waals surface area contributed by atoms with Crippen molar-refractivity contribution in [3.8, 4) is 11.5 Å². The number of amidine groups is 2. The summed E-state index contributed by atoms with van der Waals surface area (Å²) in [7, 11) is 0. The highest BCUT2D eigenvalue weighted by Crippen LogP contribution is 2.13. The third kappa shape index (κ3) is 4.67. The van der Waals surface area contributed by atoms with Crippen molar-refractivity contribution in [3.63, 3.8) is 0 Å². The van der Waals surface area contributed by atoms with Crippen molar-refractivity contribution >= 4 is 24.1 Å². The second kappa shape index (κ2) is 8.08. The van der Waals surface area contributed by atoms with Gasteiger partial charge in [-0.15, -0.1) is 0 Å². The zero-order valence-corrected chi connectivity index (χ0v) is 12.6. The quantitative estimate of drug-likeness (QED) is 0.289. The van der Waals surface area contributed by atoms with E-state index >= 15 is 0 Å². The fraction of sp³-hybridized carbons (Fsp3) is 0. The molecule has 8 heteroatoms. The first-order chi connectivity index (χ1) is 11.6. The molecule has 0 unspecified atom stereocenters. The van der Waals surface area contributed by atoms with Crippen molar-refractivity contribution in [1.82, 2.24) is 10.9 Å². The van der Waals surface area contributed by atoms with Crippen LogP contribution in [0.3, 0.4) is 0 Å². The molecule has 2 aromatic carbocycles. The highest BCUT2D eigenvalue weighted by atomic mass is 16.3. The van der Waals surface area contributed by atoms with Crippen LogP contribution in [0.5, 0.6) is 11.5 Å². The molecule has 122 valence electrons. The molecule has 0 aliphatic heterocycles. The summed E-state index contributed by atoms with van der Waals surface area (Å²) in [6.45, 7) is 0. The van der Waals surface area contributed by atoms with Crippen LogP contribution in [0.1, 0.15) is 11.1 Å². The Morgan fingerprint density at radius 2 is 1.12 bits per heavy atom. The van der Waals surface area contributed by atoms with Crippen molar-refractivity contribution in [2.75, 3.05) is 0 Å². The molecule has 6 N–H and O–H groups in total. The van der Waals surface area contributed by atoms with Gasteiger partial charge < -0.3 is 10.2 Å². The van der Waals surface area contributed by atoms with E-state index in [-0.39, 0.29) is 23.2 Å². The van der Waals surface area contributed by atoms with Crippen LogP contribution < -0.4 is 10.9 Å². The van der Waals surface area contributed by atoms with Crippen LogP contribution in [-0.2, 0) is 0 Å². The van der Waals surface area contributed by atoms with Crippen LogP contribution in [0.2, 0.25) is 0 Å². The van der Waals surface area contributed by atoms with Crippen LogP contribution in [-0.4, -0.2) is 34.3 Å². The normalized spacial score (nSPS) is 10.8. The number of hydrogen-bond acceptors (Lipinski definition) is 6. The molecule has 0 atom stereocenters. The van der Waals surface area contributed by atoms with E-state index in [1.165, 1.54) is 24.6 Å². The van der Waals surface area contributed by atoms with Crippen LogP contribution in [0.4, 0.5) is 0 Å². The molecular weight excluding hydrogens is 308 g/mol. The molecule has 2 rings (SSSR count). The van der Waals surface area contributed by atoms with Gasteiger partial charge in [-0.25, -0.2) is 0 Å². The topological polar surface area (TPSA) is 137 Å². The Bertz CT molecular complexity index is 733. The number of aromatic hydroxyl groups is 2. The molecule has 0 aromatic heterocycles. The first-order valence-corrected chi connectivity index (χ1v) is 6.89. The predicted octanol–water partition coefficient (Wildman–Crippen LogP) is 1.60. The van der Waals surface area contributed by atoms with E-state index in [0.717, 1.165) is 0 Å². The van der Waals surface area contributed by atoms with Gasteiger partial charge in [0, 0.05) is 11.1 Å². The first-order valence-electron chi connectivity index (χ1n) is 6.89. The summed E-state index contributed by atoms with van der Waals surface area (Å²) in [5.74, 6) is -0.489. The molecule has 0 bridgehead atoms. The van der Waals surface area contributed by atoms with Gasteiger partial charge in [0.2, 0.25) is 0 Å². The summed E-state index contributed by atoms with van der Waals surface area (Å²) in [6.07, 6.45) is 2.67. The first kappa shape index (κ1) is 16.7. The van der Waals surface area contributed by atoms with Crippen LogP contribution in [0, 0.1) is 10.8 Å². The van der Waals surface area contributed by atoms with Gasteiger partial charge in [0.1, 0.15) is 11.5 Å². The van der Waals surface area contributed by atoms with Gasteiger partial charge in [-0.1, -0.05) is 24.3 Å². The largest absolute Gasteiger partial charge is 0.507 e.